The van der Waals surface area contributed by atoms with Crippen LogP contribution in [0.4, 0.5) is 0 Å². The van der Waals surface area contributed by atoms with Crippen molar-refractivity contribution in [1.29, 1.82) is 0 Å². The number of allylic oxidation sites excluding steroid dienone is 1. The summed E-state index contributed by atoms with van der Waals surface area (Å²) in [4.78, 5) is 36.8. The SMILES string of the molecule is CCOC(=O)C1=CCC2C(=O)N(CC)C(=O)C12. The highest BCUT2D eigenvalue weighted by atomic mass is 16.5. The number of carbonyl (C=O) groups is 3. The third-order valence-electron chi connectivity index (χ3n) is 3.27. The lowest BCUT2D eigenvalue weighted by Gasteiger charge is -2.12. The number of ether oxygens (including phenoxy) is 1. The van der Waals surface area contributed by atoms with Crippen LogP contribution in [0.5, 0.6) is 0 Å². The van der Waals surface area contributed by atoms with Gasteiger partial charge >= 0.3 is 5.97 Å². The number of carbonyl (C=O) groups excluding carboxylic acids is 3. The summed E-state index contributed by atoms with van der Waals surface area (Å²) < 4.78 is 4.90. The molecule has 0 bridgehead atoms. The van der Waals surface area contributed by atoms with E-state index in [1.165, 1.54) is 4.90 Å². The van der Waals surface area contributed by atoms with E-state index in [1.54, 1.807) is 19.9 Å². The van der Waals surface area contributed by atoms with E-state index < -0.39 is 11.9 Å². The predicted octanol–water partition coefficient (Wildman–Crippen LogP) is 0.501. The summed E-state index contributed by atoms with van der Waals surface area (Å²) >= 11 is 0. The Morgan fingerprint density at radius 2 is 2.12 bits per heavy atom. The second kappa shape index (κ2) is 4.31. The van der Waals surface area contributed by atoms with E-state index in [0.29, 0.717) is 18.5 Å². The van der Waals surface area contributed by atoms with E-state index in [9.17, 15) is 14.4 Å². The second-order valence-electron chi connectivity index (χ2n) is 4.12. The first-order valence-electron chi connectivity index (χ1n) is 5.84. The molecule has 5 heteroatoms. The van der Waals surface area contributed by atoms with Gasteiger partial charge in [-0.3, -0.25) is 14.5 Å². The standard InChI is InChI=1S/C12H15NO4/c1-3-13-10(14)7-5-6-8(9(7)11(13)15)12(16)17-4-2/h6-7,9H,3-5H2,1-2H3. The van der Waals surface area contributed by atoms with Gasteiger partial charge in [-0.05, 0) is 20.3 Å². The number of amides is 2. The summed E-state index contributed by atoms with van der Waals surface area (Å²) in [6, 6.07) is 0. The number of likely N-dealkylation sites (tertiary alicyclic amines) is 1. The van der Waals surface area contributed by atoms with E-state index in [0.717, 1.165) is 0 Å². The van der Waals surface area contributed by atoms with Crippen LogP contribution in [0.3, 0.4) is 0 Å². The van der Waals surface area contributed by atoms with Crippen molar-refractivity contribution < 1.29 is 19.1 Å². The third kappa shape index (κ3) is 1.66. The second-order valence-corrected chi connectivity index (χ2v) is 4.12. The fourth-order valence-electron chi connectivity index (χ4n) is 2.50. The van der Waals surface area contributed by atoms with Crippen molar-refractivity contribution >= 4 is 17.8 Å². The molecule has 5 nitrogen and oxygen atoms in total. The predicted molar refractivity (Wildman–Crippen MR) is 58.7 cm³/mol. The Kier molecular flexibility index (Phi) is 3.00. The highest BCUT2D eigenvalue weighted by Crippen LogP contribution is 2.40. The van der Waals surface area contributed by atoms with Crippen molar-refractivity contribution in [2.45, 2.75) is 20.3 Å². The lowest BCUT2D eigenvalue weighted by atomic mass is 9.94. The van der Waals surface area contributed by atoms with Crippen LogP contribution in [0.15, 0.2) is 11.6 Å². The minimum Gasteiger partial charge on any atom is -0.463 e. The molecule has 1 fully saturated rings. The maximum atomic E-state index is 12.0. The average Bonchev–Trinajstić information content (AvgIpc) is 2.82. The molecule has 1 aliphatic heterocycles. The van der Waals surface area contributed by atoms with Crippen molar-refractivity contribution in [3.05, 3.63) is 11.6 Å². The van der Waals surface area contributed by atoms with Gasteiger partial charge in [0.2, 0.25) is 11.8 Å². The Morgan fingerprint density at radius 3 is 2.71 bits per heavy atom. The molecular formula is C12H15NO4. The lowest BCUT2D eigenvalue weighted by Crippen LogP contribution is -2.32. The van der Waals surface area contributed by atoms with Crippen molar-refractivity contribution in [3.8, 4) is 0 Å². The molecule has 92 valence electrons. The Morgan fingerprint density at radius 1 is 1.41 bits per heavy atom. The van der Waals surface area contributed by atoms with E-state index in [4.69, 9.17) is 4.74 Å². The largest absolute Gasteiger partial charge is 0.463 e. The average molecular weight is 237 g/mol. The van der Waals surface area contributed by atoms with Gasteiger partial charge in [0.25, 0.3) is 0 Å². The minimum atomic E-state index is -0.610. The van der Waals surface area contributed by atoms with E-state index in [-0.39, 0.29) is 24.3 Å². The molecule has 2 rings (SSSR count). The Hall–Kier alpha value is -1.65. The van der Waals surface area contributed by atoms with E-state index in [1.807, 2.05) is 0 Å². The maximum absolute atomic E-state index is 12.0. The van der Waals surface area contributed by atoms with Crippen molar-refractivity contribution in [2.24, 2.45) is 11.8 Å². The molecule has 0 radical (unpaired) electrons. The van der Waals surface area contributed by atoms with Crippen LogP contribution in [-0.4, -0.2) is 35.8 Å². The number of rotatable bonds is 3. The molecule has 17 heavy (non-hydrogen) atoms. The minimum absolute atomic E-state index is 0.168. The van der Waals surface area contributed by atoms with Crippen LogP contribution in [0, 0.1) is 11.8 Å². The molecule has 2 atom stereocenters. The molecule has 0 N–H and O–H groups in total. The van der Waals surface area contributed by atoms with Gasteiger partial charge in [-0.1, -0.05) is 6.08 Å². The normalized spacial score (nSPS) is 27.2. The van der Waals surface area contributed by atoms with Gasteiger partial charge in [0.1, 0.15) is 0 Å². The number of esters is 1. The summed E-state index contributed by atoms with van der Waals surface area (Å²) in [7, 11) is 0. The maximum Gasteiger partial charge on any atom is 0.334 e. The summed E-state index contributed by atoms with van der Waals surface area (Å²) in [5.74, 6) is -1.90. The van der Waals surface area contributed by atoms with E-state index in [2.05, 4.69) is 0 Å². The number of hydrogen-bond donors (Lipinski definition) is 0. The molecule has 2 unspecified atom stereocenters. The number of hydrogen-bond acceptors (Lipinski definition) is 4. The number of imide groups is 1. The van der Waals surface area contributed by atoms with Gasteiger partial charge in [-0.15, -0.1) is 0 Å². The third-order valence-corrected chi connectivity index (χ3v) is 3.27. The molecule has 2 amide bonds. The molecular weight excluding hydrogens is 222 g/mol. The summed E-state index contributed by atoms with van der Waals surface area (Å²) in [5, 5.41) is 0. The zero-order valence-corrected chi connectivity index (χ0v) is 9.93. The fraction of sp³-hybridized carbons (Fsp3) is 0.583. The molecule has 0 saturated carbocycles. The van der Waals surface area contributed by atoms with Crippen LogP contribution in [0.2, 0.25) is 0 Å². The van der Waals surface area contributed by atoms with Gasteiger partial charge < -0.3 is 4.74 Å². The van der Waals surface area contributed by atoms with Crippen molar-refractivity contribution in [3.63, 3.8) is 0 Å². The molecule has 0 aromatic carbocycles. The van der Waals surface area contributed by atoms with Crippen molar-refractivity contribution in [2.75, 3.05) is 13.2 Å². The van der Waals surface area contributed by atoms with E-state index >= 15 is 0 Å². The summed E-state index contributed by atoms with van der Waals surface area (Å²) in [5.41, 5.74) is 0.353. The van der Waals surface area contributed by atoms with Crippen LogP contribution < -0.4 is 0 Å². The Labute approximate surface area is 99.4 Å². The zero-order chi connectivity index (χ0) is 12.6. The monoisotopic (exact) mass is 237 g/mol. The topological polar surface area (TPSA) is 63.7 Å². The van der Waals surface area contributed by atoms with Crippen LogP contribution in [-0.2, 0) is 19.1 Å². The molecule has 0 aromatic rings. The molecule has 1 saturated heterocycles. The molecule has 0 spiro atoms. The highest BCUT2D eigenvalue weighted by Gasteiger charge is 2.52. The summed E-state index contributed by atoms with van der Waals surface area (Å²) in [6.07, 6.45) is 2.12. The first-order chi connectivity index (χ1) is 8.11. The smallest absolute Gasteiger partial charge is 0.334 e. The summed E-state index contributed by atoms with van der Waals surface area (Å²) in [6.45, 7) is 4.10. The van der Waals surface area contributed by atoms with Gasteiger partial charge in [0.15, 0.2) is 0 Å². The van der Waals surface area contributed by atoms with Crippen molar-refractivity contribution in [1.82, 2.24) is 4.90 Å². The van der Waals surface area contributed by atoms with Crippen LogP contribution in [0.1, 0.15) is 20.3 Å². The number of fused-ring (bicyclic) bond motifs is 1. The molecule has 2 aliphatic rings. The van der Waals surface area contributed by atoms with Gasteiger partial charge in [0.05, 0.1) is 18.4 Å². The Bertz CT molecular complexity index is 413. The fourth-order valence-corrected chi connectivity index (χ4v) is 2.50. The molecule has 1 aliphatic carbocycles. The number of nitrogens with zero attached hydrogens (tertiary/aromatic N) is 1. The lowest BCUT2D eigenvalue weighted by molar-refractivity contribution is -0.142. The Balaban J connectivity index is 2.23. The first kappa shape index (κ1) is 11.8. The van der Waals surface area contributed by atoms with Gasteiger partial charge in [0, 0.05) is 12.1 Å². The quantitative estimate of drug-likeness (QED) is 0.529. The van der Waals surface area contributed by atoms with Gasteiger partial charge in [-0.25, -0.2) is 4.79 Å². The van der Waals surface area contributed by atoms with Crippen LogP contribution >= 0.6 is 0 Å². The van der Waals surface area contributed by atoms with Crippen LogP contribution in [0.25, 0.3) is 0 Å². The van der Waals surface area contributed by atoms with Gasteiger partial charge in [-0.2, -0.15) is 0 Å². The molecule has 0 aromatic heterocycles. The highest BCUT2D eigenvalue weighted by molar-refractivity contribution is 6.11. The zero-order valence-electron chi connectivity index (χ0n) is 9.93. The first-order valence-corrected chi connectivity index (χ1v) is 5.84. The molecule has 1 heterocycles.